The van der Waals surface area contributed by atoms with Crippen molar-refractivity contribution in [1.82, 2.24) is 14.8 Å². The molecule has 3 aromatic rings. The van der Waals surface area contributed by atoms with Crippen molar-refractivity contribution >= 4 is 23.2 Å². The summed E-state index contributed by atoms with van der Waals surface area (Å²) in [4.78, 5) is 16.9. The highest BCUT2D eigenvalue weighted by Gasteiger charge is 2.21. The van der Waals surface area contributed by atoms with Crippen LogP contribution in [0.1, 0.15) is 41.5 Å². The Morgan fingerprint density at radius 1 is 1.24 bits per heavy atom. The third-order valence-electron chi connectivity index (χ3n) is 3.81. The van der Waals surface area contributed by atoms with E-state index in [4.69, 9.17) is 11.6 Å². The van der Waals surface area contributed by atoms with Crippen molar-refractivity contribution in [3.63, 3.8) is 0 Å². The second-order valence-electron chi connectivity index (χ2n) is 6.13. The normalized spacial score (nSPS) is 10.9. The molecule has 1 aromatic carbocycles. The molecule has 2 aromatic heterocycles. The second-order valence-corrected chi connectivity index (χ2v) is 6.57. The third kappa shape index (κ3) is 3.72. The number of carbonyl (C=O) groups excluding carboxylic acids is 1. The van der Waals surface area contributed by atoms with Crippen LogP contribution in [0.15, 0.2) is 48.8 Å². The summed E-state index contributed by atoms with van der Waals surface area (Å²) >= 11 is 6.09. The lowest BCUT2D eigenvalue weighted by Crippen LogP contribution is -2.15. The molecule has 128 valence electrons. The molecule has 3 rings (SSSR count). The first kappa shape index (κ1) is 17.2. The van der Waals surface area contributed by atoms with E-state index in [0.717, 1.165) is 17.1 Å². The molecule has 0 aliphatic heterocycles. The molecule has 0 fully saturated rings. The van der Waals surface area contributed by atoms with E-state index < -0.39 is 0 Å². The average molecular weight is 355 g/mol. The minimum absolute atomic E-state index is 0.112. The van der Waals surface area contributed by atoms with Gasteiger partial charge in [0.15, 0.2) is 0 Å². The lowest BCUT2D eigenvalue weighted by Gasteiger charge is -2.13. The Balaban J connectivity index is 1.98. The van der Waals surface area contributed by atoms with Gasteiger partial charge in [-0.15, -0.1) is 0 Å². The van der Waals surface area contributed by atoms with Crippen LogP contribution in [0.5, 0.6) is 0 Å². The zero-order valence-corrected chi connectivity index (χ0v) is 15.1. The van der Waals surface area contributed by atoms with Gasteiger partial charge in [0.25, 0.3) is 5.91 Å². The van der Waals surface area contributed by atoms with Crippen LogP contribution in [0.2, 0.25) is 5.02 Å². The highest BCUT2D eigenvalue weighted by molar-refractivity contribution is 6.30. The van der Waals surface area contributed by atoms with Crippen molar-refractivity contribution < 1.29 is 4.79 Å². The number of rotatable bonds is 4. The quantitative estimate of drug-likeness (QED) is 0.744. The van der Waals surface area contributed by atoms with Gasteiger partial charge in [0, 0.05) is 22.6 Å². The fraction of sp³-hybridized carbons (Fsp3) is 0.211. The van der Waals surface area contributed by atoms with E-state index in [-0.39, 0.29) is 11.8 Å². The molecular formula is C19H19ClN4O. The van der Waals surface area contributed by atoms with Crippen molar-refractivity contribution in [3.05, 3.63) is 70.8 Å². The second kappa shape index (κ2) is 7.07. The number of nitrogens with one attached hydrogen (secondary N) is 1. The molecule has 0 radical (unpaired) electrons. The average Bonchev–Trinajstić information content (AvgIpc) is 3.00. The highest BCUT2D eigenvalue weighted by Crippen LogP contribution is 2.25. The molecule has 0 saturated carbocycles. The van der Waals surface area contributed by atoms with Crippen molar-refractivity contribution in [2.24, 2.45) is 0 Å². The number of amides is 1. The van der Waals surface area contributed by atoms with Crippen LogP contribution in [0.25, 0.3) is 5.69 Å². The maximum atomic E-state index is 12.8. The Hall–Kier alpha value is -2.66. The molecule has 0 unspecified atom stereocenters. The van der Waals surface area contributed by atoms with Crippen LogP contribution >= 0.6 is 11.6 Å². The fourth-order valence-corrected chi connectivity index (χ4v) is 2.91. The zero-order chi connectivity index (χ0) is 18.0. The van der Waals surface area contributed by atoms with Gasteiger partial charge in [0.2, 0.25) is 0 Å². The van der Waals surface area contributed by atoms with Crippen LogP contribution in [-0.4, -0.2) is 20.7 Å². The molecule has 1 N–H and O–H groups in total. The van der Waals surface area contributed by atoms with E-state index in [9.17, 15) is 4.79 Å². The number of aryl methyl sites for hydroxylation is 1. The maximum absolute atomic E-state index is 12.8. The number of aromatic nitrogens is 3. The Labute approximate surface area is 151 Å². The Bertz CT molecular complexity index is 917. The van der Waals surface area contributed by atoms with E-state index in [2.05, 4.69) is 15.4 Å². The van der Waals surface area contributed by atoms with Gasteiger partial charge in [-0.1, -0.05) is 31.5 Å². The van der Waals surface area contributed by atoms with Gasteiger partial charge in [0.05, 0.1) is 23.1 Å². The SMILES string of the molecule is Cc1cc(NC(=O)c2cnn(-c3cccc(Cl)c3)c2C(C)C)ccn1. The van der Waals surface area contributed by atoms with Gasteiger partial charge in [-0.05, 0) is 43.2 Å². The lowest BCUT2D eigenvalue weighted by molar-refractivity contribution is 0.102. The van der Waals surface area contributed by atoms with Crippen LogP contribution in [0.3, 0.4) is 0 Å². The van der Waals surface area contributed by atoms with Gasteiger partial charge >= 0.3 is 0 Å². The van der Waals surface area contributed by atoms with Gasteiger partial charge in [-0.25, -0.2) is 4.68 Å². The molecule has 0 aliphatic carbocycles. The summed E-state index contributed by atoms with van der Waals surface area (Å²) < 4.78 is 1.77. The molecule has 0 saturated heterocycles. The Morgan fingerprint density at radius 3 is 2.72 bits per heavy atom. The summed E-state index contributed by atoms with van der Waals surface area (Å²) in [5.74, 6) is -0.0796. The van der Waals surface area contributed by atoms with E-state index in [1.807, 2.05) is 51.1 Å². The number of benzene rings is 1. The van der Waals surface area contributed by atoms with Gasteiger partial charge < -0.3 is 5.32 Å². The monoisotopic (exact) mass is 354 g/mol. The minimum Gasteiger partial charge on any atom is -0.322 e. The first-order valence-corrected chi connectivity index (χ1v) is 8.41. The summed E-state index contributed by atoms with van der Waals surface area (Å²) in [6.45, 7) is 5.95. The van der Waals surface area contributed by atoms with Crippen LogP contribution in [0.4, 0.5) is 5.69 Å². The number of hydrogen-bond donors (Lipinski definition) is 1. The van der Waals surface area contributed by atoms with Crippen molar-refractivity contribution in [2.45, 2.75) is 26.7 Å². The van der Waals surface area contributed by atoms with Crippen LogP contribution in [-0.2, 0) is 0 Å². The minimum atomic E-state index is -0.192. The van der Waals surface area contributed by atoms with Gasteiger partial charge in [-0.3, -0.25) is 9.78 Å². The predicted octanol–water partition coefficient (Wildman–Crippen LogP) is 4.60. The standard InChI is InChI=1S/C19H19ClN4O/c1-12(2)18-17(19(25)23-15-7-8-21-13(3)9-15)11-22-24(18)16-6-4-5-14(20)10-16/h4-12H,1-3H3,(H,21,23,25). The number of nitrogens with zero attached hydrogens (tertiary/aromatic N) is 3. The van der Waals surface area contributed by atoms with E-state index >= 15 is 0 Å². The van der Waals surface area contributed by atoms with E-state index in [1.165, 1.54) is 0 Å². The van der Waals surface area contributed by atoms with Gasteiger partial charge in [0.1, 0.15) is 0 Å². The van der Waals surface area contributed by atoms with Crippen molar-refractivity contribution in [3.8, 4) is 5.69 Å². The first-order valence-electron chi connectivity index (χ1n) is 8.03. The lowest BCUT2D eigenvalue weighted by atomic mass is 10.0. The number of carbonyl (C=O) groups is 1. The molecule has 0 aliphatic rings. The predicted molar refractivity (Wildman–Crippen MR) is 99.6 cm³/mol. The Kier molecular flexibility index (Phi) is 4.86. The molecule has 25 heavy (non-hydrogen) atoms. The van der Waals surface area contributed by atoms with Crippen molar-refractivity contribution in [1.29, 1.82) is 0 Å². The summed E-state index contributed by atoms with van der Waals surface area (Å²) in [7, 11) is 0. The first-order chi connectivity index (χ1) is 12.0. The van der Waals surface area contributed by atoms with E-state index in [1.54, 1.807) is 23.1 Å². The molecule has 5 nitrogen and oxygen atoms in total. The maximum Gasteiger partial charge on any atom is 0.259 e. The Morgan fingerprint density at radius 2 is 2.04 bits per heavy atom. The molecule has 0 atom stereocenters. The topological polar surface area (TPSA) is 59.8 Å². The molecule has 0 spiro atoms. The summed E-state index contributed by atoms with van der Waals surface area (Å²) in [5, 5.41) is 7.95. The molecular weight excluding hydrogens is 336 g/mol. The molecule has 2 heterocycles. The van der Waals surface area contributed by atoms with E-state index in [0.29, 0.717) is 16.3 Å². The molecule has 1 amide bonds. The van der Waals surface area contributed by atoms with Gasteiger partial charge in [-0.2, -0.15) is 5.10 Å². The number of hydrogen-bond acceptors (Lipinski definition) is 3. The molecule has 0 bridgehead atoms. The third-order valence-corrected chi connectivity index (χ3v) is 4.04. The van der Waals surface area contributed by atoms with Crippen LogP contribution in [0, 0.1) is 6.92 Å². The summed E-state index contributed by atoms with van der Waals surface area (Å²) in [6, 6.07) is 11.0. The number of anilines is 1. The number of halogens is 1. The largest absolute Gasteiger partial charge is 0.322 e. The fourth-order valence-electron chi connectivity index (χ4n) is 2.72. The zero-order valence-electron chi connectivity index (χ0n) is 14.3. The summed E-state index contributed by atoms with van der Waals surface area (Å²) in [5.41, 5.74) is 3.77. The van der Waals surface area contributed by atoms with Crippen molar-refractivity contribution in [2.75, 3.05) is 5.32 Å². The number of pyridine rings is 1. The van der Waals surface area contributed by atoms with Crippen LogP contribution < -0.4 is 5.32 Å². The molecule has 6 heteroatoms. The smallest absolute Gasteiger partial charge is 0.259 e. The summed E-state index contributed by atoms with van der Waals surface area (Å²) in [6.07, 6.45) is 3.27. The highest BCUT2D eigenvalue weighted by atomic mass is 35.5.